The van der Waals surface area contributed by atoms with E-state index in [-0.39, 0.29) is 30.2 Å². The summed E-state index contributed by atoms with van der Waals surface area (Å²) in [6, 6.07) is 11.5. The maximum Gasteiger partial charge on any atom is 0.250 e. The van der Waals surface area contributed by atoms with Gasteiger partial charge in [-0.3, -0.25) is 4.79 Å². The summed E-state index contributed by atoms with van der Waals surface area (Å²) in [6.07, 6.45) is 1.79. The highest BCUT2D eigenvalue weighted by molar-refractivity contribution is 5.74. The van der Waals surface area contributed by atoms with Crippen LogP contribution in [0, 0.1) is 0 Å². The lowest BCUT2D eigenvalue weighted by Gasteiger charge is -2.25. The van der Waals surface area contributed by atoms with Crippen molar-refractivity contribution in [3.63, 3.8) is 0 Å². The van der Waals surface area contributed by atoms with Crippen LogP contribution in [0.15, 0.2) is 53.5 Å². The first kappa shape index (κ1) is 20.0. The molecule has 0 aliphatic heterocycles. The summed E-state index contributed by atoms with van der Waals surface area (Å²) >= 11 is 0. The van der Waals surface area contributed by atoms with E-state index in [4.69, 9.17) is 0 Å². The molecule has 0 unspecified atom stereocenters. The molecule has 3 aromatic rings. The highest BCUT2D eigenvalue weighted by atomic mass is 19.3. The molecule has 1 N–H and O–H groups in total. The third-order valence-electron chi connectivity index (χ3n) is 5.65. The van der Waals surface area contributed by atoms with Crippen molar-refractivity contribution < 1.29 is 13.9 Å². The zero-order valence-electron chi connectivity index (χ0n) is 16.7. The summed E-state index contributed by atoms with van der Waals surface area (Å²) in [5.41, 5.74) is 2.24. The number of phenolic OH excluding ortho intramolecular Hbond substituents is 1. The first-order valence-corrected chi connectivity index (χ1v) is 9.68. The minimum Gasteiger partial charge on any atom is -0.507 e. The van der Waals surface area contributed by atoms with Crippen LogP contribution in [0.3, 0.4) is 0 Å². The number of halogens is 2. The average Bonchev–Trinajstić information content (AvgIpc) is 3.09. The van der Waals surface area contributed by atoms with E-state index in [1.54, 1.807) is 61.6 Å². The molecule has 156 valence electrons. The third kappa shape index (κ3) is 3.90. The lowest BCUT2D eigenvalue weighted by Crippen LogP contribution is -2.31. The Hall–Kier alpha value is -3.29. The van der Waals surface area contributed by atoms with Crippen molar-refractivity contribution in [1.82, 2.24) is 14.8 Å². The second-order valence-electron chi connectivity index (χ2n) is 7.74. The minimum absolute atomic E-state index is 0.0130. The van der Waals surface area contributed by atoms with Gasteiger partial charge in [0.15, 0.2) is 5.82 Å². The van der Waals surface area contributed by atoms with Gasteiger partial charge in [0.1, 0.15) is 5.75 Å². The zero-order valence-corrected chi connectivity index (χ0v) is 16.7. The van der Waals surface area contributed by atoms with Gasteiger partial charge in [-0.2, -0.15) is 0 Å². The number of alkyl halides is 2. The van der Waals surface area contributed by atoms with Crippen LogP contribution in [0.5, 0.6) is 5.75 Å². The molecular weight excluding hydrogens is 390 g/mol. The smallest absolute Gasteiger partial charge is 0.250 e. The number of aromatic hydroxyl groups is 1. The molecule has 1 aromatic carbocycles. The molecule has 4 rings (SSSR count). The Morgan fingerprint density at radius 2 is 1.90 bits per heavy atom. The molecule has 0 spiro atoms. The zero-order chi connectivity index (χ0) is 21.5. The van der Waals surface area contributed by atoms with E-state index in [1.807, 2.05) is 0 Å². The highest BCUT2D eigenvalue weighted by Crippen LogP contribution is 2.38. The number of nitrogens with zero attached hydrogens (tertiary/aromatic N) is 4. The van der Waals surface area contributed by atoms with Crippen LogP contribution in [-0.4, -0.2) is 38.9 Å². The van der Waals surface area contributed by atoms with Crippen LogP contribution < -0.4 is 10.5 Å². The van der Waals surface area contributed by atoms with E-state index >= 15 is 0 Å². The van der Waals surface area contributed by atoms with Crippen molar-refractivity contribution in [2.75, 3.05) is 11.9 Å². The van der Waals surface area contributed by atoms with Crippen LogP contribution in [0.25, 0.3) is 22.4 Å². The van der Waals surface area contributed by atoms with Gasteiger partial charge in [-0.1, -0.05) is 6.07 Å². The van der Waals surface area contributed by atoms with Crippen molar-refractivity contribution in [2.24, 2.45) is 7.05 Å². The number of anilines is 1. The SMILES string of the molecule is CN(c1ccc(-c2ccc(-c3ccn(C)c(=O)c3)cc2O)nn1)[C@@H]1CCC(F)(F)C1. The fraction of sp³-hybridized carbons (Fsp3) is 0.318. The van der Waals surface area contributed by atoms with E-state index < -0.39 is 5.92 Å². The molecule has 0 saturated heterocycles. The van der Waals surface area contributed by atoms with Gasteiger partial charge in [-0.25, -0.2) is 8.78 Å². The first-order chi connectivity index (χ1) is 14.2. The van der Waals surface area contributed by atoms with E-state index in [1.165, 1.54) is 10.6 Å². The van der Waals surface area contributed by atoms with Crippen LogP contribution in [-0.2, 0) is 7.05 Å². The summed E-state index contributed by atoms with van der Waals surface area (Å²) < 4.78 is 28.4. The lowest BCUT2D eigenvalue weighted by atomic mass is 10.0. The lowest BCUT2D eigenvalue weighted by molar-refractivity contribution is 0.00786. The predicted octanol–water partition coefficient (Wildman–Crippen LogP) is 3.84. The minimum atomic E-state index is -2.62. The topological polar surface area (TPSA) is 71.2 Å². The molecule has 1 atom stereocenters. The fourth-order valence-electron chi connectivity index (χ4n) is 3.76. The molecular formula is C22H22F2N4O2. The Balaban J connectivity index is 1.55. The Kier molecular flexibility index (Phi) is 5.01. The highest BCUT2D eigenvalue weighted by Gasteiger charge is 2.41. The molecule has 2 aromatic heterocycles. The number of hydrogen-bond acceptors (Lipinski definition) is 5. The van der Waals surface area contributed by atoms with Crippen LogP contribution in [0.4, 0.5) is 14.6 Å². The van der Waals surface area contributed by atoms with Gasteiger partial charge in [0.2, 0.25) is 5.92 Å². The molecule has 8 heteroatoms. The molecule has 6 nitrogen and oxygen atoms in total. The quantitative estimate of drug-likeness (QED) is 0.705. The number of rotatable bonds is 4. The molecule has 0 radical (unpaired) electrons. The fourth-order valence-corrected chi connectivity index (χ4v) is 3.76. The van der Waals surface area contributed by atoms with Gasteiger partial charge >= 0.3 is 0 Å². The Bertz CT molecular complexity index is 1130. The average molecular weight is 412 g/mol. The number of phenols is 1. The van der Waals surface area contributed by atoms with Crippen molar-refractivity contribution in [3.8, 4) is 28.1 Å². The van der Waals surface area contributed by atoms with E-state index in [9.17, 15) is 18.7 Å². The summed E-state index contributed by atoms with van der Waals surface area (Å²) in [6.45, 7) is 0. The molecule has 1 aliphatic rings. The molecule has 1 saturated carbocycles. The molecule has 0 amide bonds. The standard InChI is InChI=1S/C22H22F2N4O2/c1-27-10-8-15(12-21(27)30)14-3-4-17(19(29)11-14)18-5-6-20(26-25-18)28(2)16-7-9-22(23,24)13-16/h3-6,8,10-12,16,29H,7,9,13H2,1-2H3/t16-/m1/s1. The van der Waals surface area contributed by atoms with Crippen LogP contribution in [0.1, 0.15) is 19.3 Å². The monoisotopic (exact) mass is 412 g/mol. The maximum absolute atomic E-state index is 13.5. The second-order valence-corrected chi connectivity index (χ2v) is 7.74. The number of hydrogen-bond donors (Lipinski definition) is 1. The molecule has 0 bridgehead atoms. The molecule has 30 heavy (non-hydrogen) atoms. The Labute approximate surface area is 172 Å². The summed E-state index contributed by atoms with van der Waals surface area (Å²) in [5, 5.41) is 18.8. The third-order valence-corrected chi connectivity index (χ3v) is 5.65. The largest absolute Gasteiger partial charge is 0.507 e. The van der Waals surface area contributed by atoms with Gasteiger partial charge in [-0.05, 0) is 47.9 Å². The van der Waals surface area contributed by atoms with E-state index in [0.29, 0.717) is 34.6 Å². The van der Waals surface area contributed by atoms with Crippen molar-refractivity contribution in [2.45, 2.75) is 31.2 Å². The number of benzene rings is 1. The molecule has 1 fully saturated rings. The van der Waals surface area contributed by atoms with Crippen molar-refractivity contribution in [1.29, 1.82) is 0 Å². The van der Waals surface area contributed by atoms with Gasteiger partial charge in [0, 0.05) is 50.8 Å². The first-order valence-electron chi connectivity index (χ1n) is 9.68. The molecule has 1 aliphatic carbocycles. The van der Waals surface area contributed by atoms with Crippen molar-refractivity contribution >= 4 is 5.82 Å². The molecule has 2 heterocycles. The second kappa shape index (κ2) is 7.51. The summed E-state index contributed by atoms with van der Waals surface area (Å²) in [4.78, 5) is 13.6. The summed E-state index contributed by atoms with van der Waals surface area (Å²) in [5.74, 6) is -2.10. The van der Waals surface area contributed by atoms with E-state index in [0.717, 1.165) is 0 Å². The Morgan fingerprint density at radius 1 is 1.13 bits per heavy atom. The summed E-state index contributed by atoms with van der Waals surface area (Å²) in [7, 11) is 3.41. The van der Waals surface area contributed by atoms with Crippen LogP contribution >= 0.6 is 0 Å². The predicted molar refractivity (Wildman–Crippen MR) is 111 cm³/mol. The van der Waals surface area contributed by atoms with E-state index in [2.05, 4.69) is 10.2 Å². The number of pyridine rings is 1. The van der Waals surface area contributed by atoms with Gasteiger partial charge in [0.05, 0.1) is 5.69 Å². The number of aryl methyl sites for hydroxylation is 1. The van der Waals surface area contributed by atoms with Crippen molar-refractivity contribution in [3.05, 3.63) is 59.0 Å². The normalized spacial score (nSPS) is 17.8. The van der Waals surface area contributed by atoms with Gasteiger partial charge in [-0.15, -0.1) is 10.2 Å². The number of aromatic nitrogens is 3. The van der Waals surface area contributed by atoms with Gasteiger partial charge < -0.3 is 14.6 Å². The van der Waals surface area contributed by atoms with Gasteiger partial charge in [0.25, 0.3) is 5.56 Å². The Morgan fingerprint density at radius 3 is 2.50 bits per heavy atom. The van der Waals surface area contributed by atoms with Crippen LogP contribution in [0.2, 0.25) is 0 Å². The maximum atomic E-state index is 13.5.